The lowest BCUT2D eigenvalue weighted by molar-refractivity contribution is 0.0936. The van der Waals surface area contributed by atoms with E-state index in [2.05, 4.69) is 29.0 Å². The maximum atomic E-state index is 13.1. The number of nitrogens with zero attached hydrogens (tertiary/aromatic N) is 3. The SMILES string of the molecule is CCN(CC)CCCNC(=O)c1nc2ccccc2c(=O)n1Cc1ccc(Cl)cc1. The Kier molecular flexibility index (Phi) is 7.60. The number of halogens is 1. The Labute approximate surface area is 181 Å². The van der Waals surface area contributed by atoms with E-state index in [4.69, 9.17) is 11.6 Å². The first-order valence-electron chi connectivity index (χ1n) is 10.3. The number of fused-ring (bicyclic) bond motifs is 1. The van der Waals surface area contributed by atoms with Crippen molar-refractivity contribution in [3.63, 3.8) is 0 Å². The molecule has 0 aliphatic rings. The van der Waals surface area contributed by atoms with E-state index in [1.165, 1.54) is 4.57 Å². The largest absolute Gasteiger partial charge is 0.349 e. The summed E-state index contributed by atoms with van der Waals surface area (Å²) >= 11 is 5.97. The van der Waals surface area contributed by atoms with Gasteiger partial charge in [0.2, 0.25) is 5.82 Å². The third-order valence-corrected chi connectivity index (χ3v) is 5.40. The van der Waals surface area contributed by atoms with Gasteiger partial charge in [-0.05, 0) is 55.9 Å². The maximum absolute atomic E-state index is 13.1. The number of nitrogens with one attached hydrogen (secondary N) is 1. The summed E-state index contributed by atoms with van der Waals surface area (Å²) in [6, 6.07) is 14.3. The Balaban J connectivity index is 1.87. The van der Waals surface area contributed by atoms with E-state index in [0.29, 0.717) is 22.5 Å². The number of aromatic nitrogens is 2. The Bertz CT molecular complexity index is 1060. The van der Waals surface area contributed by atoms with Crippen molar-refractivity contribution in [2.24, 2.45) is 0 Å². The molecule has 0 aliphatic carbocycles. The van der Waals surface area contributed by atoms with Crippen LogP contribution in [0.5, 0.6) is 0 Å². The lowest BCUT2D eigenvalue weighted by Crippen LogP contribution is -2.35. The third-order valence-electron chi connectivity index (χ3n) is 5.15. The van der Waals surface area contributed by atoms with Crippen LogP contribution in [0.2, 0.25) is 5.02 Å². The molecule has 3 aromatic rings. The van der Waals surface area contributed by atoms with Gasteiger partial charge in [-0.25, -0.2) is 4.98 Å². The van der Waals surface area contributed by atoms with E-state index < -0.39 is 0 Å². The highest BCUT2D eigenvalue weighted by atomic mass is 35.5. The molecule has 0 fully saturated rings. The molecule has 158 valence electrons. The molecule has 0 aliphatic heterocycles. The van der Waals surface area contributed by atoms with Crippen molar-refractivity contribution in [3.05, 3.63) is 75.3 Å². The normalized spacial score (nSPS) is 11.2. The van der Waals surface area contributed by atoms with E-state index in [1.54, 1.807) is 30.3 Å². The highest BCUT2D eigenvalue weighted by Gasteiger charge is 2.17. The van der Waals surface area contributed by atoms with Gasteiger partial charge >= 0.3 is 0 Å². The standard InChI is InChI=1S/C23H27ClN4O2/c1-3-27(4-2)15-7-14-25-22(29)21-26-20-9-6-5-8-19(20)23(30)28(21)16-17-10-12-18(24)13-11-17/h5-6,8-13H,3-4,7,14-16H2,1-2H3,(H,25,29). The van der Waals surface area contributed by atoms with Crippen molar-refractivity contribution >= 4 is 28.4 Å². The van der Waals surface area contributed by atoms with Crippen molar-refractivity contribution in [2.45, 2.75) is 26.8 Å². The zero-order chi connectivity index (χ0) is 21.5. The number of amides is 1. The molecule has 0 saturated heterocycles. The molecule has 1 N–H and O–H groups in total. The highest BCUT2D eigenvalue weighted by molar-refractivity contribution is 6.30. The van der Waals surface area contributed by atoms with Crippen LogP contribution in [0.3, 0.4) is 0 Å². The third kappa shape index (κ3) is 5.26. The average Bonchev–Trinajstić information content (AvgIpc) is 2.77. The van der Waals surface area contributed by atoms with Crippen LogP contribution in [-0.4, -0.2) is 46.5 Å². The second kappa shape index (κ2) is 10.4. The lowest BCUT2D eigenvalue weighted by atomic mass is 10.2. The molecule has 3 rings (SSSR count). The van der Waals surface area contributed by atoms with Crippen molar-refractivity contribution in [3.8, 4) is 0 Å². The average molecular weight is 427 g/mol. The predicted molar refractivity (Wildman–Crippen MR) is 121 cm³/mol. The van der Waals surface area contributed by atoms with Crippen LogP contribution >= 0.6 is 11.6 Å². The molecule has 1 aromatic heterocycles. The summed E-state index contributed by atoms with van der Waals surface area (Å²) in [5.74, 6) is -0.220. The van der Waals surface area contributed by atoms with E-state index in [1.807, 2.05) is 18.2 Å². The van der Waals surface area contributed by atoms with E-state index in [0.717, 1.165) is 31.6 Å². The van der Waals surface area contributed by atoms with Crippen molar-refractivity contribution in [1.82, 2.24) is 19.8 Å². The van der Waals surface area contributed by atoms with Crippen LogP contribution in [0, 0.1) is 0 Å². The van der Waals surface area contributed by atoms with Gasteiger partial charge in [-0.2, -0.15) is 0 Å². The maximum Gasteiger partial charge on any atom is 0.287 e. The van der Waals surface area contributed by atoms with Crippen LogP contribution in [0.25, 0.3) is 10.9 Å². The first kappa shape index (κ1) is 22.0. The summed E-state index contributed by atoms with van der Waals surface area (Å²) in [7, 11) is 0. The Hall–Kier alpha value is -2.70. The predicted octanol–water partition coefficient (Wildman–Crippen LogP) is 3.56. The molecular formula is C23H27ClN4O2. The topological polar surface area (TPSA) is 67.2 Å². The number of hydrogen-bond acceptors (Lipinski definition) is 4. The van der Waals surface area contributed by atoms with Gasteiger partial charge in [0.25, 0.3) is 11.5 Å². The van der Waals surface area contributed by atoms with E-state index in [9.17, 15) is 9.59 Å². The fourth-order valence-electron chi connectivity index (χ4n) is 3.38. The zero-order valence-electron chi connectivity index (χ0n) is 17.4. The molecule has 0 spiro atoms. The van der Waals surface area contributed by atoms with Gasteiger partial charge in [-0.3, -0.25) is 14.2 Å². The molecule has 7 heteroatoms. The highest BCUT2D eigenvalue weighted by Crippen LogP contribution is 2.13. The van der Waals surface area contributed by atoms with Gasteiger partial charge < -0.3 is 10.2 Å². The van der Waals surface area contributed by atoms with Crippen LogP contribution < -0.4 is 10.9 Å². The van der Waals surface area contributed by atoms with Gasteiger partial charge in [0, 0.05) is 11.6 Å². The minimum atomic E-state index is -0.341. The van der Waals surface area contributed by atoms with Gasteiger partial charge in [0.1, 0.15) is 0 Å². The molecule has 0 bridgehead atoms. The Morgan fingerprint density at radius 1 is 1.10 bits per heavy atom. The first-order valence-corrected chi connectivity index (χ1v) is 10.7. The van der Waals surface area contributed by atoms with Crippen molar-refractivity contribution < 1.29 is 4.79 Å². The van der Waals surface area contributed by atoms with Gasteiger partial charge in [0.05, 0.1) is 17.4 Å². The van der Waals surface area contributed by atoms with Crippen LogP contribution in [0.4, 0.5) is 0 Å². The molecule has 0 atom stereocenters. The summed E-state index contributed by atoms with van der Waals surface area (Å²) in [6.45, 7) is 7.90. The first-order chi connectivity index (χ1) is 14.5. The van der Waals surface area contributed by atoms with Gasteiger partial charge in [0.15, 0.2) is 0 Å². The second-order valence-corrected chi connectivity index (χ2v) is 7.54. The molecule has 2 aromatic carbocycles. The van der Waals surface area contributed by atoms with E-state index in [-0.39, 0.29) is 23.8 Å². The summed E-state index contributed by atoms with van der Waals surface area (Å²) in [6.07, 6.45) is 0.836. The molecule has 1 heterocycles. The number of carbonyl (C=O) groups is 1. The Morgan fingerprint density at radius 3 is 2.50 bits per heavy atom. The number of carbonyl (C=O) groups excluding carboxylic acids is 1. The van der Waals surface area contributed by atoms with Crippen molar-refractivity contribution in [2.75, 3.05) is 26.2 Å². The molecule has 0 unspecified atom stereocenters. The lowest BCUT2D eigenvalue weighted by Gasteiger charge is -2.18. The number of hydrogen-bond donors (Lipinski definition) is 1. The molecule has 0 saturated carbocycles. The summed E-state index contributed by atoms with van der Waals surface area (Å²) < 4.78 is 1.44. The summed E-state index contributed by atoms with van der Waals surface area (Å²) in [5, 5.41) is 4.03. The Morgan fingerprint density at radius 2 is 1.80 bits per heavy atom. The minimum Gasteiger partial charge on any atom is -0.349 e. The van der Waals surface area contributed by atoms with Gasteiger partial charge in [-0.1, -0.05) is 49.7 Å². The monoisotopic (exact) mass is 426 g/mol. The quantitative estimate of drug-likeness (QED) is 0.531. The molecule has 1 amide bonds. The zero-order valence-corrected chi connectivity index (χ0v) is 18.2. The fraction of sp³-hybridized carbons (Fsp3) is 0.348. The summed E-state index contributed by atoms with van der Waals surface area (Å²) in [5.41, 5.74) is 1.15. The molecule has 6 nitrogen and oxygen atoms in total. The number of benzene rings is 2. The fourth-order valence-corrected chi connectivity index (χ4v) is 3.51. The van der Waals surface area contributed by atoms with Crippen molar-refractivity contribution in [1.29, 1.82) is 0 Å². The summed E-state index contributed by atoms with van der Waals surface area (Å²) in [4.78, 5) is 32.9. The van der Waals surface area contributed by atoms with Crippen LogP contribution in [0.15, 0.2) is 53.3 Å². The smallest absolute Gasteiger partial charge is 0.287 e. The number of rotatable bonds is 9. The number of para-hydroxylation sites is 1. The van der Waals surface area contributed by atoms with Gasteiger partial charge in [-0.15, -0.1) is 0 Å². The molecular weight excluding hydrogens is 400 g/mol. The molecule has 0 radical (unpaired) electrons. The van der Waals surface area contributed by atoms with Crippen LogP contribution in [0.1, 0.15) is 36.5 Å². The minimum absolute atomic E-state index is 0.122. The van der Waals surface area contributed by atoms with E-state index >= 15 is 0 Å². The molecule has 30 heavy (non-hydrogen) atoms. The second-order valence-electron chi connectivity index (χ2n) is 7.11. The van der Waals surface area contributed by atoms with Crippen LogP contribution in [-0.2, 0) is 6.54 Å².